The molecule has 3 heteroatoms. The fourth-order valence-electron chi connectivity index (χ4n) is 2.20. The predicted octanol–water partition coefficient (Wildman–Crippen LogP) is 3.89. The highest BCUT2D eigenvalue weighted by atomic mass is 32.1. The van der Waals surface area contributed by atoms with Crippen molar-refractivity contribution in [1.82, 2.24) is 4.98 Å². The maximum absolute atomic E-state index is 8.99. The van der Waals surface area contributed by atoms with E-state index in [9.17, 15) is 0 Å². The van der Waals surface area contributed by atoms with Crippen molar-refractivity contribution in [2.45, 2.75) is 12.8 Å². The van der Waals surface area contributed by atoms with Crippen LogP contribution in [-0.4, -0.2) is 16.7 Å². The maximum atomic E-state index is 8.99. The van der Waals surface area contributed by atoms with Crippen molar-refractivity contribution in [2.24, 2.45) is 0 Å². The van der Waals surface area contributed by atoms with Crippen LogP contribution < -0.4 is 0 Å². The highest BCUT2D eigenvalue weighted by molar-refractivity contribution is 7.21. The summed E-state index contributed by atoms with van der Waals surface area (Å²) in [5.74, 6) is 0. The van der Waals surface area contributed by atoms with Gasteiger partial charge in [-0.3, -0.25) is 0 Å². The summed E-state index contributed by atoms with van der Waals surface area (Å²) in [7, 11) is 0. The van der Waals surface area contributed by atoms with Crippen molar-refractivity contribution in [3.05, 3.63) is 54.1 Å². The molecular formula is C16H15NOS. The van der Waals surface area contributed by atoms with E-state index in [0.717, 1.165) is 23.4 Å². The minimum atomic E-state index is 0.230. The van der Waals surface area contributed by atoms with Crippen molar-refractivity contribution < 1.29 is 5.11 Å². The van der Waals surface area contributed by atoms with E-state index in [1.807, 2.05) is 30.3 Å². The van der Waals surface area contributed by atoms with Gasteiger partial charge in [0.25, 0.3) is 0 Å². The fourth-order valence-corrected chi connectivity index (χ4v) is 3.23. The molecule has 0 aliphatic carbocycles. The number of hydrogen-bond acceptors (Lipinski definition) is 3. The molecule has 0 atom stereocenters. The number of fused-ring (bicyclic) bond motifs is 1. The van der Waals surface area contributed by atoms with Crippen LogP contribution >= 0.6 is 11.3 Å². The Kier molecular flexibility index (Phi) is 3.58. The maximum Gasteiger partial charge on any atom is 0.124 e. The zero-order chi connectivity index (χ0) is 13.1. The van der Waals surface area contributed by atoms with Crippen molar-refractivity contribution in [3.63, 3.8) is 0 Å². The summed E-state index contributed by atoms with van der Waals surface area (Å²) < 4.78 is 1.22. The van der Waals surface area contributed by atoms with Crippen LogP contribution in [0.5, 0.6) is 0 Å². The van der Waals surface area contributed by atoms with Crippen molar-refractivity contribution in [3.8, 4) is 10.6 Å². The van der Waals surface area contributed by atoms with Crippen molar-refractivity contribution in [1.29, 1.82) is 0 Å². The summed E-state index contributed by atoms with van der Waals surface area (Å²) >= 11 is 1.72. The molecule has 19 heavy (non-hydrogen) atoms. The Morgan fingerprint density at radius 2 is 1.79 bits per heavy atom. The Morgan fingerprint density at radius 3 is 2.63 bits per heavy atom. The Morgan fingerprint density at radius 1 is 1.00 bits per heavy atom. The molecule has 0 amide bonds. The monoisotopic (exact) mass is 269 g/mol. The lowest BCUT2D eigenvalue weighted by Gasteiger charge is -2.05. The van der Waals surface area contributed by atoms with Crippen LogP contribution in [0.3, 0.4) is 0 Å². The summed E-state index contributed by atoms with van der Waals surface area (Å²) in [5.41, 5.74) is 3.51. The van der Waals surface area contributed by atoms with Crippen LogP contribution in [0, 0.1) is 0 Å². The molecule has 3 rings (SSSR count). The third kappa shape index (κ3) is 2.53. The Labute approximate surface area is 116 Å². The van der Waals surface area contributed by atoms with E-state index in [0.29, 0.717) is 0 Å². The zero-order valence-electron chi connectivity index (χ0n) is 10.5. The molecule has 0 unspecified atom stereocenters. The van der Waals surface area contributed by atoms with E-state index in [-0.39, 0.29) is 6.61 Å². The number of aliphatic hydroxyl groups is 1. The van der Waals surface area contributed by atoms with Gasteiger partial charge in [0, 0.05) is 12.2 Å². The van der Waals surface area contributed by atoms with Gasteiger partial charge in [-0.1, -0.05) is 36.4 Å². The summed E-state index contributed by atoms with van der Waals surface area (Å²) in [6.45, 7) is 0.230. The normalized spacial score (nSPS) is 11.0. The number of nitrogens with zero attached hydrogens (tertiary/aromatic N) is 1. The van der Waals surface area contributed by atoms with E-state index >= 15 is 0 Å². The molecule has 3 aromatic rings. The Hall–Kier alpha value is -1.71. The summed E-state index contributed by atoms with van der Waals surface area (Å²) in [5, 5.41) is 10.1. The van der Waals surface area contributed by atoms with Crippen LogP contribution in [0.15, 0.2) is 48.5 Å². The number of rotatable bonds is 4. The van der Waals surface area contributed by atoms with E-state index in [1.165, 1.54) is 15.8 Å². The molecule has 2 aromatic carbocycles. The standard InChI is InChI=1S/C16H15NOS/c18-11-5-7-12-6-1-2-8-13(12)16-17-14-9-3-4-10-15(14)19-16/h1-4,6,8-10,18H,5,7,11H2. The smallest absolute Gasteiger partial charge is 0.124 e. The Balaban J connectivity index is 2.05. The third-order valence-corrected chi connectivity index (χ3v) is 4.22. The first-order valence-corrected chi connectivity index (χ1v) is 7.25. The highest BCUT2D eigenvalue weighted by Gasteiger charge is 2.09. The highest BCUT2D eigenvalue weighted by Crippen LogP contribution is 2.32. The van der Waals surface area contributed by atoms with Crippen molar-refractivity contribution in [2.75, 3.05) is 6.61 Å². The van der Waals surface area contributed by atoms with Gasteiger partial charge >= 0.3 is 0 Å². The van der Waals surface area contributed by atoms with Gasteiger partial charge in [-0.05, 0) is 30.5 Å². The van der Waals surface area contributed by atoms with Crippen LogP contribution in [0.1, 0.15) is 12.0 Å². The van der Waals surface area contributed by atoms with Crippen LogP contribution in [0.2, 0.25) is 0 Å². The first kappa shape index (κ1) is 12.3. The SMILES string of the molecule is OCCCc1ccccc1-c1nc2ccccc2s1. The molecule has 2 nitrogen and oxygen atoms in total. The van der Waals surface area contributed by atoms with Gasteiger partial charge in [-0.25, -0.2) is 4.98 Å². The molecule has 0 aliphatic heterocycles. The van der Waals surface area contributed by atoms with E-state index in [4.69, 9.17) is 10.1 Å². The van der Waals surface area contributed by atoms with Gasteiger partial charge in [-0.2, -0.15) is 0 Å². The van der Waals surface area contributed by atoms with E-state index < -0.39 is 0 Å². The number of hydrogen-bond donors (Lipinski definition) is 1. The van der Waals surface area contributed by atoms with Gasteiger partial charge in [0.05, 0.1) is 10.2 Å². The first-order valence-electron chi connectivity index (χ1n) is 6.43. The number of benzene rings is 2. The molecule has 0 fully saturated rings. The second-order valence-corrected chi connectivity index (χ2v) is 5.50. The molecule has 96 valence electrons. The first-order chi connectivity index (χ1) is 9.38. The fraction of sp³-hybridized carbons (Fsp3) is 0.188. The average molecular weight is 269 g/mol. The number of aliphatic hydroxyl groups excluding tert-OH is 1. The topological polar surface area (TPSA) is 33.1 Å². The molecule has 1 aromatic heterocycles. The number of thiazole rings is 1. The molecule has 1 N–H and O–H groups in total. The van der Waals surface area contributed by atoms with Crippen LogP contribution in [-0.2, 0) is 6.42 Å². The van der Waals surface area contributed by atoms with Gasteiger partial charge in [0.2, 0.25) is 0 Å². The van der Waals surface area contributed by atoms with Gasteiger partial charge in [-0.15, -0.1) is 11.3 Å². The molecule has 0 aliphatic rings. The lowest BCUT2D eigenvalue weighted by atomic mass is 10.0. The van der Waals surface area contributed by atoms with E-state index in [2.05, 4.69) is 18.2 Å². The minimum absolute atomic E-state index is 0.230. The summed E-state index contributed by atoms with van der Waals surface area (Å²) in [6, 6.07) is 16.5. The molecule has 1 heterocycles. The summed E-state index contributed by atoms with van der Waals surface area (Å²) in [4.78, 5) is 4.71. The third-order valence-electron chi connectivity index (χ3n) is 3.15. The molecular weight excluding hydrogens is 254 g/mol. The lowest BCUT2D eigenvalue weighted by molar-refractivity contribution is 0.288. The molecule has 0 saturated heterocycles. The average Bonchev–Trinajstić information content (AvgIpc) is 2.89. The molecule has 0 radical (unpaired) electrons. The zero-order valence-corrected chi connectivity index (χ0v) is 11.4. The van der Waals surface area contributed by atoms with E-state index in [1.54, 1.807) is 11.3 Å². The largest absolute Gasteiger partial charge is 0.396 e. The second kappa shape index (κ2) is 5.51. The van der Waals surface area contributed by atoms with Crippen molar-refractivity contribution >= 4 is 21.6 Å². The predicted molar refractivity (Wildman–Crippen MR) is 80.5 cm³/mol. The molecule has 0 spiro atoms. The second-order valence-electron chi connectivity index (χ2n) is 4.47. The number of aromatic nitrogens is 1. The van der Waals surface area contributed by atoms with Crippen LogP contribution in [0.25, 0.3) is 20.8 Å². The molecule has 0 bridgehead atoms. The number of aryl methyl sites for hydroxylation is 1. The van der Waals surface area contributed by atoms with Gasteiger partial charge < -0.3 is 5.11 Å². The lowest BCUT2D eigenvalue weighted by Crippen LogP contribution is -1.92. The summed E-state index contributed by atoms with van der Waals surface area (Å²) in [6.07, 6.45) is 1.69. The number of para-hydroxylation sites is 1. The minimum Gasteiger partial charge on any atom is -0.396 e. The van der Waals surface area contributed by atoms with Gasteiger partial charge in [0.1, 0.15) is 5.01 Å². The quantitative estimate of drug-likeness (QED) is 0.779. The Bertz CT molecular complexity index is 657. The van der Waals surface area contributed by atoms with Gasteiger partial charge in [0.15, 0.2) is 0 Å². The van der Waals surface area contributed by atoms with Crippen LogP contribution in [0.4, 0.5) is 0 Å². The molecule has 0 saturated carbocycles.